The summed E-state index contributed by atoms with van der Waals surface area (Å²) in [4.78, 5) is 26.2. The summed E-state index contributed by atoms with van der Waals surface area (Å²) in [6.07, 6.45) is 0. The molecule has 0 saturated carbocycles. The first-order valence-corrected chi connectivity index (χ1v) is 11.5. The fourth-order valence-electron chi connectivity index (χ4n) is 4.75. The summed E-state index contributed by atoms with van der Waals surface area (Å²) in [5.41, 5.74) is 1.87. The number of methoxy groups -OCH3 is 1. The number of ether oxygens (including phenoxy) is 1. The van der Waals surface area contributed by atoms with Gasteiger partial charge in [-0.2, -0.15) is 0 Å². The van der Waals surface area contributed by atoms with Crippen LogP contribution in [-0.2, 0) is 9.53 Å². The van der Waals surface area contributed by atoms with E-state index < -0.39 is 6.04 Å². The predicted octanol–water partition coefficient (Wildman–Crippen LogP) is 5.79. The van der Waals surface area contributed by atoms with E-state index in [1.165, 1.54) is 12.5 Å². The Kier molecular flexibility index (Phi) is 4.33. The van der Waals surface area contributed by atoms with Crippen LogP contribution in [0.5, 0.6) is 0 Å². The molecule has 0 bridgehead atoms. The largest absolute Gasteiger partial charge is 0.467 e. The molecule has 0 amide bonds. The van der Waals surface area contributed by atoms with Crippen molar-refractivity contribution in [3.63, 3.8) is 0 Å². The minimum atomic E-state index is -0.619. The Morgan fingerprint density at radius 3 is 2.44 bits per heavy atom. The van der Waals surface area contributed by atoms with E-state index in [9.17, 15) is 9.59 Å². The molecular weight excluding hydrogens is 418 g/mol. The summed E-state index contributed by atoms with van der Waals surface area (Å²) >= 11 is 1.54. The molecule has 6 rings (SSSR count). The number of esters is 1. The lowest BCUT2D eigenvalue weighted by molar-refractivity contribution is -0.143. The van der Waals surface area contributed by atoms with E-state index in [1.54, 1.807) is 16.3 Å². The van der Waals surface area contributed by atoms with Crippen LogP contribution in [0.4, 0.5) is 0 Å². The van der Waals surface area contributed by atoms with Crippen molar-refractivity contribution in [2.75, 3.05) is 12.9 Å². The average Bonchev–Trinajstić information content (AvgIpc) is 3.28. The average molecular weight is 438 g/mol. The van der Waals surface area contributed by atoms with Crippen LogP contribution in [-0.4, -0.2) is 23.4 Å². The second-order valence-electron chi connectivity index (χ2n) is 7.98. The SMILES string of the molecule is COC(=O)[C@@H]1CSc2c(-c3ccccc3)c3cc4c(ccc5ccccc54)cc3c(=O)n21. The van der Waals surface area contributed by atoms with Crippen LogP contribution in [0.3, 0.4) is 0 Å². The minimum absolute atomic E-state index is 0.148. The number of thioether (sulfide) groups is 1. The molecule has 1 aromatic heterocycles. The summed E-state index contributed by atoms with van der Waals surface area (Å²) in [5, 5.41) is 6.80. The molecule has 0 fully saturated rings. The fraction of sp³-hybridized carbons (Fsp3) is 0.111. The Morgan fingerprint density at radius 2 is 1.62 bits per heavy atom. The Morgan fingerprint density at radius 1 is 0.875 bits per heavy atom. The molecule has 0 radical (unpaired) electrons. The van der Waals surface area contributed by atoms with Crippen molar-refractivity contribution in [3.8, 4) is 11.1 Å². The number of benzene rings is 4. The van der Waals surface area contributed by atoms with Gasteiger partial charge in [-0.15, -0.1) is 11.8 Å². The van der Waals surface area contributed by atoms with Crippen molar-refractivity contribution < 1.29 is 9.53 Å². The molecule has 32 heavy (non-hydrogen) atoms. The standard InChI is InChI=1S/C27H19NO3S/c1-31-27(30)23-15-32-26-24(17-8-3-2-4-9-17)21-14-20-18(13-22(21)25(29)28(23)26)12-11-16-7-5-6-10-19(16)20/h2-14,23H,15H2,1H3/t23-/m0/s1. The molecule has 1 aliphatic rings. The molecule has 4 nitrogen and oxygen atoms in total. The topological polar surface area (TPSA) is 48.3 Å². The highest BCUT2D eigenvalue weighted by Gasteiger charge is 2.34. The Labute approximate surface area is 188 Å². The number of carbonyl (C=O) groups is 1. The molecule has 4 aromatic carbocycles. The number of aromatic nitrogens is 1. The van der Waals surface area contributed by atoms with E-state index >= 15 is 0 Å². The molecule has 1 atom stereocenters. The maximum absolute atomic E-state index is 13.7. The van der Waals surface area contributed by atoms with Crippen molar-refractivity contribution in [1.29, 1.82) is 0 Å². The van der Waals surface area contributed by atoms with E-state index in [4.69, 9.17) is 4.74 Å². The van der Waals surface area contributed by atoms with Crippen molar-refractivity contribution in [3.05, 3.63) is 89.2 Å². The van der Waals surface area contributed by atoms with E-state index in [0.29, 0.717) is 11.1 Å². The second kappa shape index (κ2) is 7.24. The Balaban J connectivity index is 1.80. The summed E-state index contributed by atoms with van der Waals surface area (Å²) in [7, 11) is 1.37. The van der Waals surface area contributed by atoms with Crippen LogP contribution in [0.1, 0.15) is 6.04 Å². The Bertz CT molecular complexity index is 1600. The van der Waals surface area contributed by atoms with Crippen LogP contribution in [0.25, 0.3) is 43.4 Å². The van der Waals surface area contributed by atoms with Gasteiger partial charge in [-0.3, -0.25) is 9.36 Å². The van der Waals surface area contributed by atoms with Crippen LogP contribution in [0.2, 0.25) is 0 Å². The number of pyridine rings is 1. The molecular formula is C27H19NO3S. The lowest BCUT2D eigenvalue weighted by Crippen LogP contribution is -2.30. The molecule has 156 valence electrons. The first kappa shape index (κ1) is 19.1. The van der Waals surface area contributed by atoms with Gasteiger partial charge in [0, 0.05) is 16.7 Å². The maximum Gasteiger partial charge on any atom is 0.329 e. The van der Waals surface area contributed by atoms with Crippen molar-refractivity contribution in [1.82, 2.24) is 4.57 Å². The normalized spacial score (nSPS) is 15.3. The third-order valence-electron chi connectivity index (χ3n) is 6.26. The quantitative estimate of drug-likeness (QED) is 0.199. The van der Waals surface area contributed by atoms with E-state index in [1.807, 2.05) is 36.4 Å². The zero-order valence-electron chi connectivity index (χ0n) is 17.4. The smallest absolute Gasteiger partial charge is 0.329 e. The van der Waals surface area contributed by atoms with Crippen molar-refractivity contribution in [2.24, 2.45) is 0 Å². The zero-order valence-corrected chi connectivity index (χ0v) is 18.2. The van der Waals surface area contributed by atoms with Gasteiger partial charge in [0.05, 0.1) is 12.1 Å². The molecule has 0 aliphatic carbocycles. The molecule has 0 saturated heterocycles. The fourth-order valence-corrected chi connectivity index (χ4v) is 6.07. The number of hydrogen-bond donors (Lipinski definition) is 0. The van der Waals surface area contributed by atoms with Gasteiger partial charge in [-0.1, -0.05) is 66.7 Å². The van der Waals surface area contributed by atoms with Crippen LogP contribution in [0, 0.1) is 0 Å². The van der Waals surface area contributed by atoms with Gasteiger partial charge in [0.2, 0.25) is 0 Å². The number of rotatable bonds is 2. The Hall–Kier alpha value is -3.57. The first-order valence-electron chi connectivity index (χ1n) is 10.5. The number of fused-ring (bicyclic) bond motifs is 5. The van der Waals surface area contributed by atoms with Crippen LogP contribution in [0.15, 0.2) is 88.7 Å². The molecule has 0 unspecified atom stereocenters. The maximum atomic E-state index is 13.7. The van der Waals surface area contributed by atoms with Crippen LogP contribution < -0.4 is 5.56 Å². The van der Waals surface area contributed by atoms with Gasteiger partial charge in [-0.25, -0.2) is 4.79 Å². The number of carbonyl (C=O) groups excluding carboxylic acids is 1. The van der Waals surface area contributed by atoms with Gasteiger partial charge < -0.3 is 4.74 Å². The number of hydrogen-bond acceptors (Lipinski definition) is 4. The molecule has 2 heterocycles. The highest BCUT2D eigenvalue weighted by Crippen LogP contribution is 2.44. The van der Waals surface area contributed by atoms with Crippen molar-refractivity contribution in [2.45, 2.75) is 11.1 Å². The van der Waals surface area contributed by atoms with E-state index in [0.717, 1.165) is 37.7 Å². The van der Waals surface area contributed by atoms with Crippen LogP contribution >= 0.6 is 11.8 Å². The lowest BCUT2D eigenvalue weighted by Gasteiger charge is -2.17. The molecule has 0 spiro atoms. The number of nitrogens with zero attached hydrogens (tertiary/aromatic N) is 1. The zero-order chi connectivity index (χ0) is 21.8. The van der Waals surface area contributed by atoms with Gasteiger partial charge >= 0.3 is 5.97 Å². The predicted molar refractivity (Wildman–Crippen MR) is 130 cm³/mol. The molecule has 0 N–H and O–H groups in total. The van der Waals surface area contributed by atoms with Gasteiger partial charge in [0.25, 0.3) is 5.56 Å². The summed E-state index contributed by atoms with van der Waals surface area (Å²) in [6, 6.07) is 26.0. The lowest BCUT2D eigenvalue weighted by atomic mass is 9.94. The van der Waals surface area contributed by atoms with Gasteiger partial charge in [0.15, 0.2) is 0 Å². The molecule has 5 heteroatoms. The van der Waals surface area contributed by atoms with E-state index in [2.05, 4.69) is 42.5 Å². The molecule has 1 aliphatic heterocycles. The highest BCUT2D eigenvalue weighted by molar-refractivity contribution is 7.99. The summed E-state index contributed by atoms with van der Waals surface area (Å²) in [6.45, 7) is 0. The second-order valence-corrected chi connectivity index (χ2v) is 8.99. The highest BCUT2D eigenvalue weighted by atomic mass is 32.2. The van der Waals surface area contributed by atoms with Crippen molar-refractivity contribution >= 4 is 50.0 Å². The summed E-state index contributed by atoms with van der Waals surface area (Å²) in [5.74, 6) is 0.101. The first-order chi connectivity index (χ1) is 15.7. The summed E-state index contributed by atoms with van der Waals surface area (Å²) < 4.78 is 6.64. The van der Waals surface area contributed by atoms with Gasteiger partial charge in [0.1, 0.15) is 6.04 Å². The monoisotopic (exact) mass is 437 g/mol. The van der Waals surface area contributed by atoms with Gasteiger partial charge in [-0.05, 0) is 44.6 Å². The van der Waals surface area contributed by atoms with E-state index in [-0.39, 0.29) is 11.5 Å². The third-order valence-corrected chi connectivity index (χ3v) is 7.42. The minimum Gasteiger partial charge on any atom is -0.467 e. The third kappa shape index (κ3) is 2.71. The molecule has 5 aromatic rings.